The highest BCUT2D eigenvalue weighted by Gasteiger charge is 2.39. The molecular weight excluding hydrogens is 613 g/mol. The molecule has 4 aromatic rings. The fraction of sp³-hybridized carbons (Fsp3) is 0.389. The van der Waals surface area contributed by atoms with Gasteiger partial charge in [-0.15, -0.1) is 0 Å². The first-order chi connectivity index (χ1) is 22.4. The quantitative estimate of drug-likeness (QED) is 0.233. The maximum atomic E-state index is 14.3. The van der Waals surface area contributed by atoms with Crippen molar-refractivity contribution in [3.8, 4) is 0 Å². The van der Waals surface area contributed by atoms with E-state index in [4.69, 9.17) is 5.73 Å². The average molecular weight is 655 g/mol. The van der Waals surface area contributed by atoms with E-state index in [1.54, 1.807) is 35.0 Å². The third kappa shape index (κ3) is 6.55. The number of fused-ring (bicyclic) bond motifs is 2. The van der Waals surface area contributed by atoms with Gasteiger partial charge in [0.1, 0.15) is 12.1 Å². The number of hydrogen-bond acceptors (Lipinski definition) is 6. The summed E-state index contributed by atoms with van der Waals surface area (Å²) < 4.78 is 2.15. The zero-order valence-electron chi connectivity index (χ0n) is 27.3. The van der Waals surface area contributed by atoms with Gasteiger partial charge in [-0.3, -0.25) is 19.2 Å². The predicted octanol–water partition coefficient (Wildman–Crippen LogP) is 4.45. The molecule has 0 saturated carbocycles. The Kier molecular flexibility index (Phi) is 8.95. The molecule has 2 aliphatic rings. The average Bonchev–Trinajstić information content (AvgIpc) is 3.78. The number of aromatic nitrogens is 1. The van der Waals surface area contributed by atoms with Gasteiger partial charge in [0.25, 0.3) is 0 Å². The fourth-order valence-corrected chi connectivity index (χ4v) is 7.19. The van der Waals surface area contributed by atoms with Crippen molar-refractivity contribution in [2.24, 2.45) is 5.73 Å². The van der Waals surface area contributed by atoms with E-state index in [-0.39, 0.29) is 30.7 Å². The van der Waals surface area contributed by atoms with Crippen LogP contribution in [0.15, 0.2) is 65.5 Å². The van der Waals surface area contributed by atoms with E-state index in [1.165, 1.54) is 0 Å². The zero-order chi connectivity index (χ0) is 33.5. The second-order valence-electron chi connectivity index (χ2n) is 13.4. The van der Waals surface area contributed by atoms with E-state index >= 15 is 0 Å². The van der Waals surface area contributed by atoms with Crippen molar-refractivity contribution in [2.45, 2.75) is 83.6 Å². The van der Waals surface area contributed by atoms with Crippen molar-refractivity contribution in [3.05, 3.63) is 82.2 Å². The lowest BCUT2D eigenvalue weighted by molar-refractivity contribution is -0.133. The summed E-state index contributed by atoms with van der Waals surface area (Å²) in [5, 5.41) is 10.8. The first-order valence-corrected chi connectivity index (χ1v) is 17.1. The zero-order valence-corrected chi connectivity index (χ0v) is 28.1. The molecule has 2 aliphatic heterocycles. The molecule has 2 aromatic heterocycles. The largest absolute Gasteiger partial charge is 0.345 e. The number of nitrogens with zero attached hydrogens (tertiary/aromatic N) is 3. The molecule has 1 fully saturated rings. The van der Waals surface area contributed by atoms with E-state index in [0.29, 0.717) is 25.2 Å². The number of nitrogens with two attached hydrogens (primary N) is 1. The summed E-state index contributed by atoms with van der Waals surface area (Å²) in [7, 11) is 0. The summed E-state index contributed by atoms with van der Waals surface area (Å²) in [6, 6.07) is 14.0. The van der Waals surface area contributed by atoms with E-state index in [1.807, 2.05) is 65.5 Å². The van der Waals surface area contributed by atoms with Gasteiger partial charge in [-0.25, -0.2) is 0 Å². The third-order valence-electron chi connectivity index (χ3n) is 8.97. The van der Waals surface area contributed by atoms with Gasteiger partial charge in [0.05, 0.1) is 23.5 Å². The van der Waals surface area contributed by atoms with Gasteiger partial charge in [0.15, 0.2) is 0 Å². The van der Waals surface area contributed by atoms with Crippen molar-refractivity contribution in [1.29, 1.82) is 0 Å². The molecule has 246 valence electrons. The lowest BCUT2D eigenvalue weighted by atomic mass is 9.94. The van der Waals surface area contributed by atoms with Gasteiger partial charge >= 0.3 is 0 Å². The van der Waals surface area contributed by atoms with Crippen molar-refractivity contribution < 1.29 is 19.2 Å². The normalized spacial score (nSPS) is 17.4. The molecule has 10 nitrogen and oxygen atoms in total. The lowest BCUT2D eigenvalue weighted by Crippen LogP contribution is -2.60. The topological polar surface area (TPSA) is 130 Å². The Bertz CT molecular complexity index is 1820. The maximum Gasteiger partial charge on any atom is 0.250 e. The van der Waals surface area contributed by atoms with Crippen LogP contribution < -0.4 is 26.2 Å². The molecule has 0 aliphatic carbocycles. The van der Waals surface area contributed by atoms with Crippen LogP contribution in [0.2, 0.25) is 0 Å². The Balaban J connectivity index is 1.33. The molecule has 6 rings (SSSR count). The molecule has 2 atom stereocenters. The minimum atomic E-state index is -1.22. The Labute approximate surface area is 278 Å². The highest BCUT2D eigenvalue weighted by molar-refractivity contribution is 7.07. The van der Waals surface area contributed by atoms with Crippen LogP contribution >= 0.6 is 11.3 Å². The second kappa shape index (κ2) is 13.0. The van der Waals surface area contributed by atoms with Gasteiger partial charge < -0.3 is 30.7 Å². The number of rotatable bonds is 10. The summed E-state index contributed by atoms with van der Waals surface area (Å²) in [6.45, 7) is 8.28. The number of carbonyl (C=O) groups excluding carboxylic acids is 4. The Morgan fingerprint density at radius 3 is 2.55 bits per heavy atom. The van der Waals surface area contributed by atoms with Crippen LogP contribution in [0.5, 0.6) is 0 Å². The molecule has 11 heteroatoms. The minimum absolute atomic E-state index is 0.0389. The van der Waals surface area contributed by atoms with E-state index in [0.717, 1.165) is 39.7 Å². The number of hydrogen-bond donors (Lipinski definition) is 3. The Morgan fingerprint density at radius 2 is 1.87 bits per heavy atom. The van der Waals surface area contributed by atoms with E-state index in [2.05, 4.69) is 29.0 Å². The molecule has 4 heterocycles. The number of benzene rings is 2. The van der Waals surface area contributed by atoms with Gasteiger partial charge in [-0.1, -0.05) is 30.3 Å². The highest BCUT2D eigenvalue weighted by Crippen LogP contribution is 2.40. The van der Waals surface area contributed by atoms with Gasteiger partial charge in [-0.05, 0) is 79.8 Å². The number of nitrogens with one attached hydrogen (secondary N) is 2. The number of carbonyl (C=O) groups is 4. The summed E-state index contributed by atoms with van der Waals surface area (Å²) in [6.07, 6.45) is 3.74. The standard InChI is InChI=1S/C36H42N6O4S/c1-22(2)41-20-25(26-10-5-6-11-29(26)41)18-27(39-35(46)36(3,4)37)33(44)38-28-17-24-9-7-12-30(40-15-8-13-31(40)43)32(24)42(34(28)45)19-23-14-16-47-21-23/h5-7,9-12,14,16,20-22,27-28H,8,13,15,17-19,37H2,1-4H3,(H,38,44)(H,39,46). The van der Waals surface area contributed by atoms with E-state index < -0.39 is 29.4 Å². The summed E-state index contributed by atoms with van der Waals surface area (Å²) in [4.78, 5) is 57.9. The van der Waals surface area contributed by atoms with Gasteiger partial charge in [0.2, 0.25) is 23.6 Å². The lowest BCUT2D eigenvalue weighted by Gasteiger charge is -2.37. The van der Waals surface area contributed by atoms with E-state index in [9.17, 15) is 19.2 Å². The summed E-state index contributed by atoms with van der Waals surface area (Å²) >= 11 is 1.54. The molecule has 2 unspecified atom stereocenters. The van der Waals surface area contributed by atoms with Crippen molar-refractivity contribution in [1.82, 2.24) is 15.2 Å². The van der Waals surface area contributed by atoms with Crippen molar-refractivity contribution in [2.75, 3.05) is 16.3 Å². The summed E-state index contributed by atoms with van der Waals surface area (Å²) in [5.41, 5.74) is 10.1. The van der Waals surface area contributed by atoms with Crippen LogP contribution in [0.1, 0.15) is 63.3 Å². The van der Waals surface area contributed by atoms with Gasteiger partial charge in [0, 0.05) is 48.9 Å². The van der Waals surface area contributed by atoms with Crippen molar-refractivity contribution >= 4 is 57.2 Å². The monoisotopic (exact) mass is 654 g/mol. The third-order valence-corrected chi connectivity index (χ3v) is 9.70. The predicted molar refractivity (Wildman–Crippen MR) is 185 cm³/mol. The number of para-hydroxylation sites is 2. The van der Waals surface area contributed by atoms with Crippen LogP contribution in [-0.4, -0.2) is 52.4 Å². The molecule has 2 aromatic carbocycles. The Morgan fingerprint density at radius 1 is 1.09 bits per heavy atom. The molecule has 1 saturated heterocycles. The second-order valence-corrected chi connectivity index (χ2v) is 14.2. The highest BCUT2D eigenvalue weighted by atomic mass is 32.1. The molecule has 4 N–H and O–H groups in total. The van der Waals surface area contributed by atoms with Crippen molar-refractivity contribution in [3.63, 3.8) is 0 Å². The molecule has 4 amide bonds. The van der Waals surface area contributed by atoms with Crippen LogP contribution in [0.25, 0.3) is 10.9 Å². The first kappa shape index (κ1) is 32.5. The maximum absolute atomic E-state index is 14.3. The number of anilines is 2. The molecule has 0 radical (unpaired) electrons. The van der Waals surface area contributed by atoms with Crippen LogP contribution in [0.4, 0.5) is 11.4 Å². The number of amides is 4. The molecule has 47 heavy (non-hydrogen) atoms. The van der Waals surface area contributed by atoms with Gasteiger partial charge in [-0.2, -0.15) is 11.3 Å². The Hall–Kier alpha value is -4.48. The minimum Gasteiger partial charge on any atom is -0.345 e. The molecule has 0 spiro atoms. The van der Waals surface area contributed by atoms with Crippen LogP contribution in [0, 0.1) is 0 Å². The first-order valence-electron chi connectivity index (χ1n) is 16.2. The molecule has 0 bridgehead atoms. The number of thiophene rings is 1. The molecular formula is C36H42N6O4S. The van der Waals surface area contributed by atoms with Crippen LogP contribution in [0.3, 0.4) is 0 Å². The smallest absolute Gasteiger partial charge is 0.250 e. The van der Waals surface area contributed by atoms with Crippen LogP contribution in [-0.2, 0) is 38.6 Å². The summed E-state index contributed by atoms with van der Waals surface area (Å²) in [5.74, 6) is -1.16. The SMILES string of the molecule is CC(C)n1cc(CC(NC(=O)C(C)(C)N)C(=O)NC2Cc3cccc(N4CCCC4=O)c3N(Cc3ccsc3)C2=O)c2ccccc21. The fourth-order valence-electron chi connectivity index (χ4n) is 6.53.